The Morgan fingerprint density at radius 2 is 2.11 bits per heavy atom. The molecule has 4 heteroatoms. The van der Waals surface area contributed by atoms with Crippen molar-refractivity contribution in [2.45, 2.75) is 13.1 Å². The summed E-state index contributed by atoms with van der Waals surface area (Å²) in [6.45, 7) is 3.70. The Morgan fingerprint density at radius 1 is 1.16 bits per heavy atom. The van der Waals surface area contributed by atoms with Crippen molar-refractivity contribution in [3.8, 4) is 0 Å². The second kappa shape index (κ2) is 7.61. The highest BCUT2D eigenvalue weighted by atomic mass is 15.1. The minimum Gasteiger partial charge on any atom is -0.310 e. The fourth-order valence-corrected chi connectivity index (χ4v) is 1.87. The van der Waals surface area contributed by atoms with Crippen LogP contribution >= 0.6 is 0 Å². The molecule has 2 heterocycles. The average Bonchev–Trinajstić information content (AvgIpc) is 2.46. The SMILES string of the molecule is CN(CCNCc1ccccn1)Cc1cccnc1. The smallest absolute Gasteiger partial charge is 0.0541 e. The van der Waals surface area contributed by atoms with Gasteiger partial charge in [0.05, 0.1) is 5.69 Å². The third kappa shape index (κ3) is 5.16. The number of nitrogens with one attached hydrogen (secondary N) is 1. The van der Waals surface area contributed by atoms with Crippen LogP contribution in [0.4, 0.5) is 0 Å². The van der Waals surface area contributed by atoms with Crippen LogP contribution in [-0.4, -0.2) is 35.0 Å². The zero-order valence-electron chi connectivity index (χ0n) is 11.3. The second-order valence-corrected chi connectivity index (χ2v) is 4.60. The predicted molar refractivity (Wildman–Crippen MR) is 76.5 cm³/mol. The molecule has 0 amide bonds. The first-order valence-corrected chi connectivity index (χ1v) is 6.52. The van der Waals surface area contributed by atoms with E-state index in [1.165, 1.54) is 5.56 Å². The van der Waals surface area contributed by atoms with Crippen molar-refractivity contribution in [1.82, 2.24) is 20.2 Å². The first-order valence-electron chi connectivity index (χ1n) is 6.52. The summed E-state index contributed by atoms with van der Waals surface area (Å²) < 4.78 is 0. The second-order valence-electron chi connectivity index (χ2n) is 4.60. The molecule has 1 N–H and O–H groups in total. The van der Waals surface area contributed by atoms with Crippen LogP contribution in [0.15, 0.2) is 48.9 Å². The molecule has 0 aromatic carbocycles. The Kier molecular flexibility index (Phi) is 5.47. The molecule has 100 valence electrons. The molecule has 0 unspecified atom stereocenters. The highest BCUT2D eigenvalue weighted by molar-refractivity contribution is 5.08. The summed E-state index contributed by atoms with van der Waals surface area (Å²) >= 11 is 0. The number of pyridine rings is 2. The Labute approximate surface area is 114 Å². The molecular weight excluding hydrogens is 236 g/mol. The first-order chi connectivity index (χ1) is 9.34. The number of hydrogen-bond donors (Lipinski definition) is 1. The summed E-state index contributed by atoms with van der Waals surface area (Å²) in [6, 6.07) is 10.1. The molecule has 0 radical (unpaired) electrons. The van der Waals surface area contributed by atoms with Crippen molar-refractivity contribution in [1.29, 1.82) is 0 Å². The van der Waals surface area contributed by atoms with E-state index >= 15 is 0 Å². The summed E-state index contributed by atoms with van der Waals surface area (Å²) in [5, 5.41) is 3.40. The van der Waals surface area contributed by atoms with Crippen molar-refractivity contribution >= 4 is 0 Å². The van der Waals surface area contributed by atoms with Crippen molar-refractivity contribution in [2.24, 2.45) is 0 Å². The molecule has 4 nitrogen and oxygen atoms in total. The molecule has 0 atom stereocenters. The molecule has 0 bridgehead atoms. The van der Waals surface area contributed by atoms with Crippen LogP contribution in [-0.2, 0) is 13.1 Å². The number of hydrogen-bond acceptors (Lipinski definition) is 4. The van der Waals surface area contributed by atoms with Gasteiger partial charge in [0.1, 0.15) is 0 Å². The minimum atomic E-state index is 0.821. The van der Waals surface area contributed by atoms with Gasteiger partial charge in [0.25, 0.3) is 0 Å². The lowest BCUT2D eigenvalue weighted by Crippen LogP contribution is -2.28. The van der Waals surface area contributed by atoms with Crippen LogP contribution in [0.1, 0.15) is 11.3 Å². The van der Waals surface area contributed by atoms with E-state index < -0.39 is 0 Å². The fourth-order valence-electron chi connectivity index (χ4n) is 1.87. The van der Waals surface area contributed by atoms with Gasteiger partial charge in [0.15, 0.2) is 0 Å². The van der Waals surface area contributed by atoms with Gasteiger partial charge in [-0.3, -0.25) is 9.97 Å². The summed E-state index contributed by atoms with van der Waals surface area (Å²) in [7, 11) is 2.12. The maximum absolute atomic E-state index is 4.28. The first kappa shape index (κ1) is 13.6. The van der Waals surface area contributed by atoms with E-state index in [1.54, 1.807) is 6.20 Å². The normalized spacial score (nSPS) is 10.8. The van der Waals surface area contributed by atoms with E-state index in [2.05, 4.69) is 33.3 Å². The quantitative estimate of drug-likeness (QED) is 0.766. The van der Waals surface area contributed by atoms with E-state index in [1.807, 2.05) is 36.7 Å². The molecule has 0 aliphatic rings. The van der Waals surface area contributed by atoms with Gasteiger partial charge in [0.2, 0.25) is 0 Å². The molecule has 2 aromatic rings. The molecule has 0 saturated carbocycles. The van der Waals surface area contributed by atoms with Gasteiger partial charge >= 0.3 is 0 Å². The van der Waals surface area contributed by atoms with Gasteiger partial charge in [-0.15, -0.1) is 0 Å². The molecule has 0 fully saturated rings. The van der Waals surface area contributed by atoms with Crippen LogP contribution in [0, 0.1) is 0 Å². The maximum Gasteiger partial charge on any atom is 0.0541 e. The molecule has 0 spiro atoms. The maximum atomic E-state index is 4.28. The lowest BCUT2D eigenvalue weighted by Gasteiger charge is -2.16. The minimum absolute atomic E-state index is 0.821. The van der Waals surface area contributed by atoms with Crippen LogP contribution < -0.4 is 5.32 Å². The zero-order chi connectivity index (χ0) is 13.3. The van der Waals surface area contributed by atoms with Gasteiger partial charge < -0.3 is 10.2 Å². The molecule has 2 rings (SSSR count). The largest absolute Gasteiger partial charge is 0.310 e. The molecule has 0 saturated heterocycles. The zero-order valence-corrected chi connectivity index (χ0v) is 11.3. The van der Waals surface area contributed by atoms with E-state index in [9.17, 15) is 0 Å². The molecule has 2 aromatic heterocycles. The topological polar surface area (TPSA) is 41.0 Å². The summed E-state index contributed by atoms with van der Waals surface area (Å²) in [4.78, 5) is 10.7. The predicted octanol–water partition coefficient (Wildman–Crippen LogP) is 1.70. The van der Waals surface area contributed by atoms with E-state index in [4.69, 9.17) is 0 Å². The lowest BCUT2D eigenvalue weighted by atomic mass is 10.3. The Hall–Kier alpha value is -1.78. The summed E-state index contributed by atoms with van der Waals surface area (Å²) in [6.07, 6.45) is 5.54. The average molecular weight is 256 g/mol. The van der Waals surface area contributed by atoms with Crippen LogP contribution in [0.25, 0.3) is 0 Å². The van der Waals surface area contributed by atoms with Crippen molar-refractivity contribution in [3.05, 3.63) is 60.2 Å². The van der Waals surface area contributed by atoms with E-state index in [0.717, 1.165) is 31.9 Å². The molecule has 0 aliphatic heterocycles. The number of nitrogens with zero attached hydrogens (tertiary/aromatic N) is 3. The standard InChI is InChI=1S/C15H20N4/c1-19(13-14-5-4-7-16-11-14)10-9-17-12-15-6-2-3-8-18-15/h2-8,11,17H,9-10,12-13H2,1H3. The Bertz CT molecular complexity index is 458. The van der Waals surface area contributed by atoms with E-state index in [0.29, 0.717) is 0 Å². The number of aromatic nitrogens is 2. The van der Waals surface area contributed by atoms with Crippen molar-refractivity contribution in [3.63, 3.8) is 0 Å². The summed E-state index contributed by atoms with van der Waals surface area (Å²) in [5.74, 6) is 0. The molecule has 0 aliphatic carbocycles. The highest BCUT2D eigenvalue weighted by Gasteiger charge is 2.00. The highest BCUT2D eigenvalue weighted by Crippen LogP contribution is 1.99. The summed E-state index contributed by atoms with van der Waals surface area (Å²) in [5.41, 5.74) is 2.33. The van der Waals surface area contributed by atoms with Gasteiger partial charge in [-0.2, -0.15) is 0 Å². The van der Waals surface area contributed by atoms with E-state index in [-0.39, 0.29) is 0 Å². The molecule has 19 heavy (non-hydrogen) atoms. The Morgan fingerprint density at radius 3 is 2.84 bits per heavy atom. The van der Waals surface area contributed by atoms with Crippen molar-refractivity contribution < 1.29 is 0 Å². The Balaban J connectivity index is 1.63. The van der Waals surface area contributed by atoms with Gasteiger partial charge in [-0.1, -0.05) is 12.1 Å². The fraction of sp³-hybridized carbons (Fsp3) is 0.333. The molecular formula is C15H20N4. The number of likely N-dealkylation sites (N-methyl/N-ethyl adjacent to an activating group) is 1. The third-order valence-corrected chi connectivity index (χ3v) is 2.88. The lowest BCUT2D eigenvalue weighted by molar-refractivity contribution is 0.323. The van der Waals surface area contributed by atoms with Crippen molar-refractivity contribution in [2.75, 3.05) is 20.1 Å². The van der Waals surface area contributed by atoms with Crippen LogP contribution in [0.5, 0.6) is 0 Å². The van der Waals surface area contributed by atoms with Gasteiger partial charge in [0, 0.05) is 44.8 Å². The van der Waals surface area contributed by atoms with Crippen LogP contribution in [0.3, 0.4) is 0 Å². The van der Waals surface area contributed by atoms with Gasteiger partial charge in [-0.25, -0.2) is 0 Å². The van der Waals surface area contributed by atoms with Gasteiger partial charge in [-0.05, 0) is 30.8 Å². The number of rotatable bonds is 7. The van der Waals surface area contributed by atoms with Crippen LogP contribution in [0.2, 0.25) is 0 Å². The monoisotopic (exact) mass is 256 g/mol. The third-order valence-electron chi connectivity index (χ3n) is 2.88.